The number of rotatable bonds is 4. The Morgan fingerprint density at radius 2 is 1.95 bits per heavy atom. The van der Waals surface area contributed by atoms with E-state index >= 15 is 0 Å². The highest BCUT2D eigenvalue weighted by molar-refractivity contribution is 7.98. The maximum absolute atomic E-state index is 6.26. The first kappa shape index (κ1) is 15.7. The van der Waals surface area contributed by atoms with Crippen LogP contribution in [0.5, 0.6) is 0 Å². The van der Waals surface area contributed by atoms with Gasteiger partial charge in [0.25, 0.3) is 0 Å². The number of nitrogens with two attached hydrogens (primary N) is 1. The molecule has 0 amide bonds. The van der Waals surface area contributed by atoms with Crippen molar-refractivity contribution < 1.29 is 0 Å². The van der Waals surface area contributed by atoms with E-state index in [0.29, 0.717) is 6.04 Å². The number of guanidine groups is 1. The summed E-state index contributed by atoms with van der Waals surface area (Å²) >= 11 is 1.75. The maximum Gasteiger partial charge on any atom is 0.196 e. The van der Waals surface area contributed by atoms with Crippen LogP contribution in [0.25, 0.3) is 0 Å². The molecule has 4 N–H and O–H groups in total. The fourth-order valence-corrected chi connectivity index (χ4v) is 3.42. The molecule has 5 heteroatoms. The van der Waals surface area contributed by atoms with Crippen molar-refractivity contribution in [2.24, 2.45) is 10.7 Å². The molecule has 2 aliphatic carbocycles. The average molecular weight is 318 g/mol. The molecule has 2 atom stereocenters. The van der Waals surface area contributed by atoms with Crippen LogP contribution in [0.2, 0.25) is 0 Å². The summed E-state index contributed by atoms with van der Waals surface area (Å²) in [7, 11) is 0. The van der Waals surface area contributed by atoms with E-state index in [4.69, 9.17) is 10.7 Å². The first-order valence-corrected chi connectivity index (χ1v) is 9.48. The average Bonchev–Trinajstić information content (AvgIpc) is 3.34. The highest BCUT2D eigenvalue weighted by Crippen LogP contribution is 2.26. The number of hydrogen-bond donors (Lipinski definition) is 3. The standard InChI is InChI=1S/C17H26N4S/c1-22-16-9-5-4-8-15(16)21-17(19-12-10-11-12)20-14-7-3-2-6-13(14)18/h4-5,8-9,12-14H,2-3,6-7,10-11,18H2,1H3,(H2,19,20,21)/t13-,14-/m0/s1. The SMILES string of the molecule is CSc1ccccc1NC(=N[C@H]1CCCC[C@@H]1N)NC1CC1. The van der Waals surface area contributed by atoms with Crippen LogP contribution in [0.1, 0.15) is 38.5 Å². The van der Waals surface area contributed by atoms with Gasteiger partial charge < -0.3 is 16.4 Å². The summed E-state index contributed by atoms with van der Waals surface area (Å²) in [6, 6.07) is 9.38. The Balaban J connectivity index is 1.76. The van der Waals surface area contributed by atoms with E-state index in [0.717, 1.165) is 24.5 Å². The molecule has 0 heterocycles. The van der Waals surface area contributed by atoms with E-state index in [1.807, 2.05) is 0 Å². The zero-order valence-electron chi connectivity index (χ0n) is 13.2. The third-order valence-corrected chi connectivity index (χ3v) is 5.15. The van der Waals surface area contributed by atoms with Crippen LogP contribution < -0.4 is 16.4 Å². The van der Waals surface area contributed by atoms with Crippen molar-refractivity contribution >= 4 is 23.4 Å². The summed E-state index contributed by atoms with van der Waals surface area (Å²) < 4.78 is 0. The van der Waals surface area contributed by atoms with E-state index < -0.39 is 0 Å². The van der Waals surface area contributed by atoms with Crippen molar-refractivity contribution in [3.8, 4) is 0 Å². The van der Waals surface area contributed by atoms with Crippen LogP contribution in [0.3, 0.4) is 0 Å². The van der Waals surface area contributed by atoms with Crippen molar-refractivity contribution in [2.75, 3.05) is 11.6 Å². The Labute approximate surface area is 137 Å². The van der Waals surface area contributed by atoms with Crippen molar-refractivity contribution in [3.63, 3.8) is 0 Å². The Kier molecular flexibility index (Phi) is 5.26. The van der Waals surface area contributed by atoms with Crippen LogP contribution in [-0.4, -0.2) is 30.3 Å². The third-order valence-electron chi connectivity index (χ3n) is 4.35. The van der Waals surface area contributed by atoms with Gasteiger partial charge >= 0.3 is 0 Å². The van der Waals surface area contributed by atoms with Gasteiger partial charge in [0.1, 0.15) is 0 Å². The lowest BCUT2D eigenvalue weighted by molar-refractivity contribution is 0.386. The fraction of sp³-hybridized carbons (Fsp3) is 0.588. The van der Waals surface area contributed by atoms with Gasteiger partial charge in [0, 0.05) is 17.0 Å². The van der Waals surface area contributed by atoms with Crippen LogP contribution in [0, 0.1) is 0 Å². The molecule has 3 rings (SSSR count). The summed E-state index contributed by atoms with van der Waals surface area (Å²) in [5, 5.41) is 7.03. The molecule has 120 valence electrons. The molecule has 0 unspecified atom stereocenters. The van der Waals surface area contributed by atoms with E-state index in [2.05, 4.69) is 41.2 Å². The molecular weight excluding hydrogens is 292 g/mol. The second kappa shape index (κ2) is 7.38. The van der Waals surface area contributed by atoms with E-state index in [9.17, 15) is 0 Å². The van der Waals surface area contributed by atoms with E-state index in [1.165, 1.54) is 30.6 Å². The molecule has 2 aliphatic rings. The van der Waals surface area contributed by atoms with Crippen molar-refractivity contribution in [3.05, 3.63) is 24.3 Å². The summed E-state index contributed by atoms with van der Waals surface area (Å²) in [4.78, 5) is 6.16. The number of thioether (sulfide) groups is 1. The Morgan fingerprint density at radius 3 is 2.68 bits per heavy atom. The minimum Gasteiger partial charge on any atom is -0.353 e. The van der Waals surface area contributed by atoms with Gasteiger partial charge in [0.2, 0.25) is 0 Å². The molecule has 2 saturated carbocycles. The number of hydrogen-bond acceptors (Lipinski definition) is 3. The molecule has 4 nitrogen and oxygen atoms in total. The smallest absolute Gasteiger partial charge is 0.196 e. The van der Waals surface area contributed by atoms with Crippen LogP contribution >= 0.6 is 11.8 Å². The van der Waals surface area contributed by atoms with E-state index in [-0.39, 0.29) is 12.1 Å². The van der Waals surface area contributed by atoms with Crippen molar-refractivity contribution in [1.29, 1.82) is 0 Å². The van der Waals surface area contributed by atoms with Crippen LogP contribution in [-0.2, 0) is 0 Å². The molecule has 0 bridgehead atoms. The topological polar surface area (TPSA) is 62.4 Å². The monoisotopic (exact) mass is 318 g/mol. The first-order valence-electron chi connectivity index (χ1n) is 8.26. The minimum absolute atomic E-state index is 0.197. The van der Waals surface area contributed by atoms with Crippen molar-refractivity contribution in [2.45, 2.75) is 61.5 Å². The lowest BCUT2D eigenvalue weighted by atomic mass is 9.91. The number of nitrogens with one attached hydrogen (secondary N) is 2. The van der Waals surface area contributed by atoms with Gasteiger partial charge in [-0.15, -0.1) is 11.8 Å². The Morgan fingerprint density at radius 1 is 1.18 bits per heavy atom. The first-order chi connectivity index (χ1) is 10.8. The summed E-state index contributed by atoms with van der Waals surface area (Å²) in [5.41, 5.74) is 7.37. The molecule has 1 aromatic carbocycles. The molecule has 0 saturated heterocycles. The molecule has 0 aromatic heterocycles. The molecular formula is C17H26N4S. The highest BCUT2D eigenvalue weighted by Gasteiger charge is 2.25. The molecule has 0 radical (unpaired) electrons. The van der Waals surface area contributed by atoms with Gasteiger partial charge in [-0.05, 0) is 44.1 Å². The summed E-state index contributed by atoms with van der Waals surface area (Å²) in [6.07, 6.45) is 9.24. The Bertz CT molecular complexity index is 527. The number of nitrogens with zero attached hydrogens (tertiary/aromatic N) is 1. The predicted molar refractivity (Wildman–Crippen MR) is 95.7 cm³/mol. The summed E-state index contributed by atoms with van der Waals surface area (Å²) in [5.74, 6) is 0.895. The molecule has 0 aliphatic heterocycles. The van der Waals surface area contributed by atoms with Gasteiger partial charge in [0.15, 0.2) is 5.96 Å². The second-order valence-electron chi connectivity index (χ2n) is 6.24. The van der Waals surface area contributed by atoms with Gasteiger partial charge in [-0.2, -0.15) is 0 Å². The highest BCUT2D eigenvalue weighted by atomic mass is 32.2. The predicted octanol–water partition coefficient (Wildman–Crippen LogP) is 3.20. The number of benzene rings is 1. The van der Waals surface area contributed by atoms with Gasteiger partial charge in [-0.25, -0.2) is 4.99 Å². The molecule has 1 aromatic rings. The van der Waals surface area contributed by atoms with Crippen LogP contribution in [0.4, 0.5) is 5.69 Å². The Hall–Kier alpha value is -1.20. The fourth-order valence-electron chi connectivity index (χ4n) is 2.87. The molecule has 22 heavy (non-hydrogen) atoms. The number of aliphatic imine (C=N–C) groups is 1. The summed E-state index contributed by atoms with van der Waals surface area (Å²) in [6.45, 7) is 0. The van der Waals surface area contributed by atoms with Gasteiger partial charge in [0.05, 0.1) is 11.7 Å². The van der Waals surface area contributed by atoms with Crippen LogP contribution in [0.15, 0.2) is 34.2 Å². The largest absolute Gasteiger partial charge is 0.353 e. The van der Waals surface area contributed by atoms with Crippen molar-refractivity contribution in [1.82, 2.24) is 5.32 Å². The normalized spacial score (nSPS) is 25.8. The molecule has 2 fully saturated rings. The quantitative estimate of drug-likeness (QED) is 0.453. The van der Waals surface area contributed by atoms with E-state index in [1.54, 1.807) is 11.8 Å². The zero-order chi connectivity index (χ0) is 15.4. The number of anilines is 1. The van der Waals surface area contributed by atoms with Gasteiger partial charge in [-0.3, -0.25) is 0 Å². The third kappa shape index (κ3) is 4.17. The lowest BCUT2D eigenvalue weighted by Gasteiger charge is -2.26. The molecule has 0 spiro atoms. The minimum atomic E-state index is 0.197. The second-order valence-corrected chi connectivity index (χ2v) is 7.09. The maximum atomic E-state index is 6.26. The van der Waals surface area contributed by atoms with Gasteiger partial charge in [-0.1, -0.05) is 25.0 Å². The lowest BCUT2D eigenvalue weighted by Crippen LogP contribution is -2.40. The zero-order valence-corrected chi connectivity index (χ0v) is 14.0. The number of para-hydroxylation sites is 1.